The summed E-state index contributed by atoms with van der Waals surface area (Å²) < 4.78 is 118. The first-order valence-corrected chi connectivity index (χ1v) is 20.3. The predicted molar refractivity (Wildman–Crippen MR) is 202 cm³/mol. The van der Waals surface area contributed by atoms with Crippen LogP contribution in [0.15, 0.2) is 122 Å². The summed E-state index contributed by atoms with van der Waals surface area (Å²) in [6.07, 6.45) is 7.15. The molecule has 6 aromatic heterocycles. The molecule has 10 rings (SSSR count). The van der Waals surface area contributed by atoms with Crippen LogP contribution in [0.25, 0.3) is 87.7 Å². The quantitative estimate of drug-likeness (QED) is 0.0487. The van der Waals surface area contributed by atoms with E-state index < -0.39 is 15.6 Å². The van der Waals surface area contributed by atoms with E-state index in [1.54, 1.807) is 24.8 Å². The normalized spacial score (nSPS) is 14.2. The Morgan fingerprint density at radius 2 is 0.458 bits per heavy atom. The zero-order valence-electron chi connectivity index (χ0n) is 28.9. The molecule has 4 aromatic carbocycles. The van der Waals surface area contributed by atoms with Gasteiger partial charge < -0.3 is 0 Å². The molecule has 23 heteroatoms. The number of hydrogen-bond donors (Lipinski definition) is 0. The number of benzene rings is 4. The molecule has 0 radical (unpaired) electrons. The van der Waals surface area contributed by atoms with Gasteiger partial charge in [0.25, 0.3) is 0 Å². The van der Waals surface area contributed by atoms with Crippen molar-refractivity contribution >= 4 is 103 Å². The molecule has 0 aliphatic rings. The molecule has 0 saturated carbocycles. The fourth-order valence-corrected chi connectivity index (χ4v) is 5.89. The van der Waals surface area contributed by atoms with Crippen LogP contribution in [0.2, 0.25) is 0 Å². The van der Waals surface area contributed by atoms with E-state index in [9.17, 15) is 50.4 Å². The molecule has 10 aromatic rings. The maximum Gasteiger partial charge on any atom is 2.00 e. The summed E-state index contributed by atoms with van der Waals surface area (Å²) in [5.41, 5.74) is 10.6. The molecule has 0 fully saturated rings. The number of para-hydroxylation sites is 4. The third-order valence-electron chi connectivity index (χ3n) is 7.84. The zero-order chi connectivity index (χ0) is 41.9. The van der Waals surface area contributed by atoms with Crippen molar-refractivity contribution in [3.05, 3.63) is 122 Å². The number of pyridine rings is 4. The minimum atomic E-state index is -10.7. The molecule has 8 nitrogen and oxygen atoms in total. The fraction of sp³-hybridized carbons (Fsp3) is 0. The van der Waals surface area contributed by atoms with Crippen molar-refractivity contribution < 1.29 is 70.8 Å². The SMILES string of the molecule is F[P-](F)(F)(F)(F)F.F[P-](F)(F)(F)(F)F.[Pd+2].c1ccc2nc3c4cccnc4c4ncccc4c3nc2c1.c1ccc2nc3c4cccnc4c4ncccc4c3nc2c1. The summed E-state index contributed by atoms with van der Waals surface area (Å²) in [6, 6.07) is 31.7. The van der Waals surface area contributed by atoms with Crippen molar-refractivity contribution in [3.63, 3.8) is 0 Å². The predicted octanol–water partition coefficient (Wildman–Crippen LogP) is 14.5. The monoisotopic (exact) mass is 960 g/mol. The second kappa shape index (κ2) is 13.7. The summed E-state index contributed by atoms with van der Waals surface area (Å²) in [7, 11) is -21.3. The topological polar surface area (TPSA) is 103 Å². The van der Waals surface area contributed by atoms with Gasteiger partial charge in [0, 0.05) is 46.3 Å². The molecule has 59 heavy (non-hydrogen) atoms. The molecule has 308 valence electrons. The van der Waals surface area contributed by atoms with E-state index in [2.05, 4.69) is 19.9 Å². The average Bonchev–Trinajstić information content (AvgIpc) is 3.15. The Kier molecular flexibility index (Phi) is 10.0. The van der Waals surface area contributed by atoms with Crippen LogP contribution < -0.4 is 0 Å². The van der Waals surface area contributed by atoms with Gasteiger partial charge >= 0.3 is 86.4 Å². The third kappa shape index (κ3) is 11.3. The van der Waals surface area contributed by atoms with Gasteiger partial charge in [-0.3, -0.25) is 19.9 Å². The number of nitrogens with zero attached hydrogens (tertiary/aromatic N) is 8. The summed E-state index contributed by atoms with van der Waals surface area (Å²) in [6.45, 7) is 0. The Bertz CT molecular complexity index is 2830. The van der Waals surface area contributed by atoms with E-state index in [1.807, 2.05) is 97.1 Å². The van der Waals surface area contributed by atoms with E-state index >= 15 is 0 Å². The summed E-state index contributed by atoms with van der Waals surface area (Å²) in [5.74, 6) is 0. The zero-order valence-corrected chi connectivity index (χ0v) is 32.2. The maximum absolute atomic E-state index is 10.7. The van der Waals surface area contributed by atoms with Gasteiger partial charge in [0.2, 0.25) is 0 Å². The van der Waals surface area contributed by atoms with Gasteiger partial charge in [-0.1, -0.05) is 24.3 Å². The van der Waals surface area contributed by atoms with Crippen LogP contribution in [0.1, 0.15) is 0 Å². The Morgan fingerprint density at radius 3 is 0.644 bits per heavy atom. The molecule has 6 heterocycles. The Balaban J connectivity index is 0.000000150. The fourth-order valence-electron chi connectivity index (χ4n) is 5.89. The van der Waals surface area contributed by atoms with Gasteiger partial charge in [-0.05, 0) is 72.8 Å². The van der Waals surface area contributed by atoms with Crippen molar-refractivity contribution in [2.75, 3.05) is 0 Å². The van der Waals surface area contributed by atoms with E-state index in [0.717, 1.165) is 87.7 Å². The molecule has 0 saturated heterocycles. The summed E-state index contributed by atoms with van der Waals surface area (Å²) in [5, 5.41) is 3.95. The molecule has 0 N–H and O–H groups in total. The van der Waals surface area contributed by atoms with Crippen molar-refractivity contribution in [1.82, 2.24) is 39.9 Å². The summed E-state index contributed by atoms with van der Waals surface area (Å²) in [4.78, 5) is 37.3. The minimum absolute atomic E-state index is 0. The van der Waals surface area contributed by atoms with Gasteiger partial charge in [-0.2, -0.15) is 0 Å². The number of rotatable bonds is 0. The van der Waals surface area contributed by atoms with Crippen LogP contribution in [-0.2, 0) is 20.4 Å². The number of aromatic nitrogens is 8. The molecular weight excluding hydrogens is 941 g/mol. The molecule has 0 spiro atoms. The largest absolute Gasteiger partial charge is 2.00 e. The molecular formula is C36H20F12N8P2Pd. The van der Waals surface area contributed by atoms with Gasteiger partial charge in [0.15, 0.2) is 0 Å². The number of hydrogen-bond acceptors (Lipinski definition) is 8. The van der Waals surface area contributed by atoms with Crippen LogP contribution in [-0.4, -0.2) is 39.9 Å². The van der Waals surface area contributed by atoms with Crippen LogP contribution >= 0.6 is 15.6 Å². The first kappa shape index (κ1) is 43.0. The molecule has 0 unspecified atom stereocenters. The van der Waals surface area contributed by atoms with Gasteiger partial charge in [-0.15, -0.1) is 0 Å². The standard InChI is InChI=1S/2C18H10N4.2F6P.Pd/c2*1-2-8-14-13(7-1)21-17-11-5-3-9-19-15(11)16-12(18(17)22-14)6-4-10-20-16;2*1-7(2,3,4,5)6;/h2*1-10H;;;/q;;2*-1;+2. The minimum Gasteiger partial charge on any atom is -0.254 e. The second-order valence-electron chi connectivity index (χ2n) is 12.3. The van der Waals surface area contributed by atoms with Gasteiger partial charge in [0.1, 0.15) is 0 Å². The Labute approximate surface area is 334 Å². The van der Waals surface area contributed by atoms with Crippen molar-refractivity contribution in [2.45, 2.75) is 0 Å². The molecule has 0 atom stereocenters. The van der Waals surface area contributed by atoms with E-state index in [0.29, 0.717) is 0 Å². The van der Waals surface area contributed by atoms with Crippen LogP contribution in [0.5, 0.6) is 0 Å². The average molecular weight is 961 g/mol. The van der Waals surface area contributed by atoms with Crippen LogP contribution in [0.3, 0.4) is 0 Å². The van der Waals surface area contributed by atoms with E-state index in [1.165, 1.54) is 0 Å². The molecule has 0 amide bonds. The van der Waals surface area contributed by atoms with E-state index in [-0.39, 0.29) is 20.4 Å². The Hall–Kier alpha value is -5.60. The smallest absolute Gasteiger partial charge is 0.254 e. The van der Waals surface area contributed by atoms with Crippen molar-refractivity contribution in [3.8, 4) is 0 Å². The second-order valence-corrected chi connectivity index (χ2v) is 16.2. The number of fused-ring (bicyclic) bond motifs is 14. The Morgan fingerprint density at radius 1 is 0.271 bits per heavy atom. The number of halogens is 12. The first-order chi connectivity index (χ1) is 26.7. The third-order valence-corrected chi connectivity index (χ3v) is 7.84. The summed E-state index contributed by atoms with van der Waals surface area (Å²) >= 11 is 0. The van der Waals surface area contributed by atoms with Crippen molar-refractivity contribution in [2.24, 2.45) is 0 Å². The first-order valence-electron chi connectivity index (χ1n) is 16.2. The molecule has 0 aliphatic heterocycles. The van der Waals surface area contributed by atoms with Gasteiger partial charge in [0.05, 0.1) is 66.2 Å². The van der Waals surface area contributed by atoms with E-state index in [4.69, 9.17) is 19.9 Å². The maximum atomic E-state index is 9.87. The van der Waals surface area contributed by atoms with Gasteiger partial charge in [-0.25, -0.2) is 19.9 Å². The molecule has 0 aliphatic carbocycles. The van der Waals surface area contributed by atoms with Crippen molar-refractivity contribution in [1.29, 1.82) is 0 Å². The van der Waals surface area contributed by atoms with Crippen LogP contribution in [0.4, 0.5) is 50.4 Å². The van der Waals surface area contributed by atoms with Crippen LogP contribution in [0, 0.1) is 0 Å². The molecule has 0 bridgehead atoms.